The van der Waals surface area contributed by atoms with Crippen molar-refractivity contribution >= 4 is 40.6 Å². The second-order valence-corrected chi connectivity index (χ2v) is 9.09. The zero-order valence-electron chi connectivity index (χ0n) is 17.6. The molecule has 0 bridgehead atoms. The molecule has 3 heterocycles. The van der Waals surface area contributed by atoms with E-state index in [1.807, 2.05) is 12.3 Å². The Morgan fingerprint density at radius 3 is 2.56 bits per heavy atom. The van der Waals surface area contributed by atoms with E-state index in [2.05, 4.69) is 15.3 Å². The molecule has 0 saturated carbocycles. The maximum absolute atomic E-state index is 12.8. The number of pyridine rings is 1. The first kappa shape index (κ1) is 22.2. The number of aromatic nitrogens is 2. The van der Waals surface area contributed by atoms with Crippen molar-refractivity contribution < 1.29 is 14.3 Å². The highest BCUT2D eigenvalue weighted by atomic mass is 35.5. The van der Waals surface area contributed by atoms with Crippen LogP contribution < -0.4 is 10.1 Å². The van der Waals surface area contributed by atoms with Crippen LogP contribution in [0.15, 0.2) is 48.0 Å². The average Bonchev–Trinajstić information content (AvgIpc) is 3.24. The van der Waals surface area contributed by atoms with Gasteiger partial charge in [0.25, 0.3) is 5.91 Å². The summed E-state index contributed by atoms with van der Waals surface area (Å²) in [7, 11) is 0. The van der Waals surface area contributed by atoms with Crippen molar-refractivity contribution in [2.45, 2.75) is 26.4 Å². The number of piperidine rings is 1. The molecule has 1 aliphatic rings. The molecule has 9 heteroatoms. The molecule has 0 aliphatic carbocycles. The number of hydrogen-bond acceptors (Lipinski definition) is 6. The molecule has 1 saturated heterocycles. The van der Waals surface area contributed by atoms with Gasteiger partial charge in [0.2, 0.25) is 5.91 Å². The van der Waals surface area contributed by atoms with Gasteiger partial charge in [0.1, 0.15) is 18.2 Å². The third kappa shape index (κ3) is 5.63. The summed E-state index contributed by atoms with van der Waals surface area (Å²) in [5.41, 5.74) is 1.50. The Hall–Kier alpha value is -2.97. The first-order valence-corrected chi connectivity index (χ1v) is 11.6. The molecule has 4 rings (SSSR count). The number of hydrogen-bond donors (Lipinski definition) is 1. The predicted molar refractivity (Wildman–Crippen MR) is 124 cm³/mol. The van der Waals surface area contributed by atoms with Gasteiger partial charge in [0.15, 0.2) is 0 Å². The Bertz CT molecular complexity index is 1080. The van der Waals surface area contributed by atoms with Gasteiger partial charge < -0.3 is 15.0 Å². The summed E-state index contributed by atoms with van der Waals surface area (Å²) in [5.74, 6) is 0.902. The second kappa shape index (κ2) is 10.1. The van der Waals surface area contributed by atoms with Crippen LogP contribution in [0.25, 0.3) is 0 Å². The van der Waals surface area contributed by atoms with Crippen LogP contribution in [0, 0.1) is 12.8 Å². The highest BCUT2D eigenvalue weighted by Crippen LogP contribution is 2.22. The molecular formula is C23H23ClN4O3S. The highest BCUT2D eigenvalue weighted by molar-refractivity contribution is 7.09. The lowest BCUT2D eigenvalue weighted by atomic mass is 9.95. The first-order chi connectivity index (χ1) is 15.5. The number of benzene rings is 1. The topological polar surface area (TPSA) is 84.4 Å². The molecule has 32 heavy (non-hydrogen) atoms. The maximum Gasteiger partial charge on any atom is 0.253 e. The number of amides is 2. The van der Waals surface area contributed by atoms with Crippen LogP contribution in [0.5, 0.6) is 5.75 Å². The zero-order chi connectivity index (χ0) is 22.5. The number of halogens is 1. The number of ether oxygens (including phenoxy) is 1. The minimum Gasteiger partial charge on any atom is -0.487 e. The highest BCUT2D eigenvalue weighted by Gasteiger charge is 2.28. The van der Waals surface area contributed by atoms with Crippen molar-refractivity contribution in [3.63, 3.8) is 0 Å². The minimum atomic E-state index is -0.151. The van der Waals surface area contributed by atoms with Gasteiger partial charge in [-0.2, -0.15) is 0 Å². The van der Waals surface area contributed by atoms with Gasteiger partial charge in [-0.15, -0.1) is 11.3 Å². The van der Waals surface area contributed by atoms with E-state index in [9.17, 15) is 9.59 Å². The molecule has 1 aliphatic heterocycles. The van der Waals surface area contributed by atoms with E-state index in [0.29, 0.717) is 54.7 Å². The zero-order valence-corrected chi connectivity index (χ0v) is 19.2. The summed E-state index contributed by atoms with van der Waals surface area (Å²) in [5, 5.41) is 6.32. The van der Waals surface area contributed by atoms with Crippen LogP contribution in [0.2, 0.25) is 5.02 Å². The number of carbonyl (C=O) groups excluding carboxylic acids is 2. The number of likely N-dealkylation sites (tertiary alicyclic amines) is 1. The van der Waals surface area contributed by atoms with E-state index >= 15 is 0 Å². The van der Waals surface area contributed by atoms with Crippen LogP contribution >= 0.6 is 22.9 Å². The van der Waals surface area contributed by atoms with Gasteiger partial charge in [-0.1, -0.05) is 11.6 Å². The van der Waals surface area contributed by atoms with Crippen LogP contribution in [0.4, 0.5) is 5.82 Å². The van der Waals surface area contributed by atoms with E-state index in [1.54, 1.807) is 52.6 Å². The predicted octanol–water partition coefficient (Wildman–Crippen LogP) is 4.57. The number of anilines is 1. The third-order valence-electron chi connectivity index (χ3n) is 5.29. The molecule has 2 aromatic heterocycles. The Morgan fingerprint density at radius 1 is 1.19 bits per heavy atom. The van der Waals surface area contributed by atoms with E-state index in [-0.39, 0.29) is 17.7 Å². The molecule has 7 nitrogen and oxygen atoms in total. The number of carbonyl (C=O) groups is 2. The second-order valence-electron chi connectivity index (χ2n) is 7.59. The lowest BCUT2D eigenvalue weighted by Gasteiger charge is -2.31. The Labute approximate surface area is 195 Å². The maximum atomic E-state index is 12.8. The Morgan fingerprint density at radius 2 is 1.94 bits per heavy atom. The van der Waals surface area contributed by atoms with Crippen molar-refractivity contribution in [2.24, 2.45) is 5.92 Å². The van der Waals surface area contributed by atoms with Crippen molar-refractivity contribution in [1.82, 2.24) is 14.9 Å². The molecule has 2 amide bonds. The standard InChI is InChI=1S/C23H23ClN4O3S/c1-15-26-19(14-32-15)13-31-20-5-2-17(3-6-20)23(30)28-10-8-16(9-11-28)22(29)27-21-7-4-18(24)12-25-21/h2-7,12,14,16H,8-11,13H2,1H3,(H,25,27,29). The number of aryl methyl sites for hydroxylation is 1. The summed E-state index contributed by atoms with van der Waals surface area (Å²) in [6, 6.07) is 10.5. The van der Waals surface area contributed by atoms with Gasteiger partial charge in [-0.05, 0) is 56.2 Å². The Balaban J connectivity index is 1.26. The fraction of sp³-hybridized carbons (Fsp3) is 0.304. The molecule has 0 atom stereocenters. The quantitative estimate of drug-likeness (QED) is 0.570. The lowest BCUT2D eigenvalue weighted by Crippen LogP contribution is -2.41. The molecule has 3 aromatic rings. The molecule has 166 valence electrons. The number of rotatable bonds is 6. The normalized spacial score (nSPS) is 14.2. The van der Waals surface area contributed by atoms with Crippen LogP contribution in [-0.4, -0.2) is 39.8 Å². The fourth-order valence-electron chi connectivity index (χ4n) is 3.53. The van der Waals surface area contributed by atoms with Crippen LogP contribution in [0.1, 0.15) is 33.9 Å². The lowest BCUT2D eigenvalue weighted by molar-refractivity contribution is -0.121. The molecule has 0 radical (unpaired) electrons. The summed E-state index contributed by atoms with van der Waals surface area (Å²) >= 11 is 7.41. The summed E-state index contributed by atoms with van der Waals surface area (Å²) in [6.07, 6.45) is 2.72. The van der Waals surface area contributed by atoms with E-state index < -0.39 is 0 Å². The molecule has 1 fully saturated rings. The van der Waals surface area contributed by atoms with E-state index in [1.165, 1.54) is 6.20 Å². The smallest absolute Gasteiger partial charge is 0.253 e. The number of nitrogens with one attached hydrogen (secondary N) is 1. The first-order valence-electron chi connectivity index (χ1n) is 10.3. The molecule has 1 aromatic carbocycles. The monoisotopic (exact) mass is 470 g/mol. The average molecular weight is 471 g/mol. The molecular weight excluding hydrogens is 448 g/mol. The van der Waals surface area contributed by atoms with Gasteiger partial charge in [-0.3, -0.25) is 9.59 Å². The number of thiazole rings is 1. The Kier molecular flexibility index (Phi) is 7.02. The van der Waals surface area contributed by atoms with Crippen molar-refractivity contribution in [3.8, 4) is 5.75 Å². The summed E-state index contributed by atoms with van der Waals surface area (Å²) < 4.78 is 5.74. The molecule has 0 unspecified atom stereocenters. The van der Waals surface area contributed by atoms with Crippen LogP contribution in [0.3, 0.4) is 0 Å². The van der Waals surface area contributed by atoms with Gasteiger partial charge in [0.05, 0.1) is 15.7 Å². The number of nitrogens with zero attached hydrogens (tertiary/aromatic N) is 3. The minimum absolute atomic E-state index is 0.0371. The summed E-state index contributed by atoms with van der Waals surface area (Å²) in [4.78, 5) is 35.6. The van der Waals surface area contributed by atoms with Gasteiger partial charge in [0, 0.05) is 36.1 Å². The fourth-order valence-corrected chi connectivity index (χ4v) is 4.24. The van der Waals surface area contributed by atoms with Crippen molar-refractivity contribution in [3.05, 3.63) is 69.3 Å². The summed E-state index contributed by atoms with van der Waals surface area (Å²) in [6.45, 7) is 3.43. The van der Waals surface area contributed by atoms with Gasteiger partial charge in [-0.25, -0.2) is 9.97 Å². The SMILES string of the molecule is Cc1nc(COc2ccc(C(=O)N3CCC(C(=O)Nc4ccc(Cl)cn4)CC3)cc2)cs1. The van der Waals surface area contributed by atoms with E-state index in [4.69, 9.17) is 16.3 Å². The molecule has 1 N–H and O–H groups in total. The van der Waals surface area contributed by atoms with Crippen LogP contribution in [-0.2, 0) is 11.4 Å². The molecule has 0 spiro atoms. The third-order valence-corrected chi connectivity index (χ3v) is 6.33. The van der Waals surface area contributed by atoms with Crippen molar-refractivity contribution in [1.29, 1.82) is 0 Å². The van der Waals surface area contributed by atoms with Gasteiger partial charge >= 0.3 is 0 Å². The largest absolute Gasteiger partial charge is 0.487 e. The van der Waals surface area contributed by atoms with Crippen molar-refractivity contribution in [2.75, 3.05) is 18.4 Å². The van der Waals surface area contributed by atoms with E-state index in [0.717, 1.165) is 10.7 Å².